The van der Waals surface area contributed by atoms with E-state index in [1.54, 1.807) is 0 Å². The van der Waals surface area contributed by atoms with Crippen LogP contribution in [0.2, 0.25) is 0 Å². The Morgan fingerprint density at radius 1 is 1.26 bits per heavy atom. The van der Waals surface area contributed by atoms with Gasteiger partial charge >= 0.3 is 0 Å². The molecule has 0 aliphatic carbocycles. The Kier molecular flexibility index (Phi) is 6.78. The fourth-order valence-electron chi connectivity index (χ4n) is 2.88. The monoisotopic (exact) mass is 270 g/mol. The molecule has 0 aromatic rings. The lowest BCUT2D eigenvalue weighted by atomic mass is 9.88. The van der Waals surface area contributed by atoms with E-state index < -0.39 is 0 Å². The summed E-state index contributed by atoms with van der Waals surface area (Å²) in [4.78, 5) is 2.52. The van der Waals surface area contributed by atoms with E-state index in [9.17, 15) is 5.11 Å². The van der Waals surface area contributed by atoms with Crippen molar-refractivity contribution in [3.8, 4) is 0 Å². The molecule has 0 spiro atoms. The SMILES string of the molecule is CCC(O)CC1CC(NCC(C)(C)C)CN(CC)C1. The van der Waals surface area contributed by atoms with Gasteiger partial charge in [-0.05, 0) is 37.1 Å². The minimum Gasteiger partial charge on any atom is -0.393 e. The van der Waals surface area contributed by atoms with Gasteiger partial charge in [-0.25, -0.2) is 0 Å². The van der Waals surface area contributed by atoms with E-state index in [4.69, 9.17) is 0 Å². The molecule has 0 bridgehead atoms. The van der Waals surface area contributed by atoms with Crippen molar-refractivity contribution in [3.05, 3.63) is 0 Å². The number of likely N-dealkylation sites (tertiary alicyclic amines) is 1. The summed E-state index contributed by atoms with van der Waals surface area (Å²) in [5.41, 5.74) is 0.340. The summed E-state index contributed by atoms with van der Waals surface area (Å²) in [5, 5.41) is 13.6. The number of aliphatic hydroxyl groups is 1. The normalized spacial score (nSPS) is 27.5. The van der Waals surface area contributed by atoms with Crippen molar-refractivity contribution in [2.75, 3.05) is 26.2 Å². The average molecular weight is 270 g/mol. The highest BCUT2D eigenvalue weighted by Crippen LogP contribution is 2.23. The molecular formula is C16H34N2O. The van der Waals surface area contributed by atoms with Gasteiger partial charge in [0.1, 0.15) is 0 Å². The van der Waals surface area contributed by atoms with Crippen LogP contribution in [-0.2, 0) is 0 Å². The highest BCUT2D eigenvalue weighted by molar-refractivity contribution is 4.85. The lowest BCUT2D eigenvalue weighted by molar-refractivity contribution is 0.0842. The fourth-order valence-corrected chi connectivity index (χ4v) is 2.88. The molecule has 3 heteroatoms. The summed E-state index contributed by atoms with van der Waals surface area (Å²) in [6.45, 7) is 15.6. The van der Waals surface area contributed by atoms with Crippen molar-refractivity contribution in [2.24, 2.45) is 11.3 Å². The molecule has 1 fully saturated rings. The lowest BCUT2D eigenvalue weighted by Crippen LogP contribution is -2.51. The van der Waals surface area contributed by atoms with Gasteiger partial charge in [-0.15, -0.1) is 0 Å². The molecule has 1 rings (SSSR count). The van der Waals surface area contributed by atoms with Crippen LogP contribution in [0.15, 0.2) is 0 Å². The molecule has 3 unspecified atom stereocenters. The molecule has 0 amide bonds. The molecule has 3 atom stereocenters. The molecule has 1 heterocycles. The van der Waals surface area contributed by atoms with E-state index in [2.05, 4.69) is 44.8 Å². The number of nitrogens with zero attached hydrogens (tertiary/aromatic N) is 1. The van der Waals surface area contributed by atoms with E-state index in [-0.39, 0.29) is 6.10 Å². The Hall–Kier alpha value is -0.120. The van der Waals surface area contributed by atoms with Crippen LogP contribution in [0.25, 0.3) is 0 Å². The van der Waals surface area contributed by atoms with Crippen molar-refractivity contribution in [3.63, 3.8) is 0 Å². The van der Waals surface area contributed by atoms with Crippen LogP contribution in [0, 0.1) is 11.3 Å². The molecule has 3 nitrogen and oxygen atoms in total. The largest absolute Gasteiger partial charge is 0.393 e. The topological polar surface area (TPSA) is 35.5 Å². The molecular weight excluding hydrogens is 236 g/mol. The van der Waals surface area contributed by atoms with Gasteiger partial charge in [0, 0.05) is 25.7 Å². The quantitative estimate of drug-likeness (QED) is 0.778. The van der Waals surface area contributed by atoms with Crippen LogP contribution in [0.5, 0.6) is 0 Å². The van der Waals surface area contributed by atoms with Gasteiger partial charge in [0.25, 0.3) is 0 Å². The average Bonchev–Trinajstić information content (AvgIpc) is 2.35. The summed E-state index contributed by atoms with van der Waals surface area (Å²) in [5.74, 6) is 0.640. The molecule has 114 valence electrons. The Morgan fingerprint density at radius 3 is 2.47 bits per heavy atom. The van der Waals surface area contributed by atoms with E-state index in [1.165, 1.54) is 6.42 Å². The van der Waals surface area contributed by atoms with Crippen molar-refractivity contribution < 1.29 is 5.11 Å². The summed E-state index contributed by atoms with van der Waals surface area (Å²) in [6.07, 6.45) is 2.93. The van der Waals surface area contributed by atoms with Crippen LogP contribution in [0.1, 0.15) is 53.9 Å². The Labute approximate surface area is 119 Å². The number of piperidine rings is 1. The second-order valence-corrected chi connectivity index (χ2v) is 7.39. The van der Waals surface area contributed by atoms with Crippen LogP contribution in [0.3, 0.4) is 0 Å². The molecule has 19 heavy (non-hydrogen) atoms. The Bertz CT molecular complexity index is 248. The maximum atomic E-state index is 9.88. The van der Waals surface area contributed by atoms with Gasteiger partial charge < -0.3 is 15.3 Å². The summed E-state index contributed by atoms with van der Waals surface area (Å²) in [7, 11) is 0. The van der Waals surface area contributed by atoms with Crippen molar-refractivity contribution in [1.82, 2.24) is 10.2 Å². The van der Waals surface area contributed by atoms with Crippen molar-refractivity contribution in [2.45, 2.75) is 66.0 Å². The van der Waals surface area contributed by atoms with Crippen LogP contribution >= 0.6 is 0 Å². The summed E-state index contributed by atoms with van der Waals surface area (Å²) < 4.78 is 0. The first-order valence-electron chi connectivity index (χ1n) is 7.97. The number of aliphatic hydroxyl groups excluding tert-OH is 1. The third-order valence-electron chi connectivity index (χ3n) is 4.06. The van der Waals surface area contributed by atoms with Crippen LogP contribution < -0.4 is 5.32 Å². The maximum absolute atomic E-state index is 9.88. The highest BCUT2D eigenvalue weighted by atomic mass is 16.3. The third-order valence-corrected chi connectivity index (χ3v) is 4.06. The second kappa shape index (κ2) is 7.61. The first kappa shape index (κ1) is 16.9. The van der Waals surface area contributed by atoms with Crippen LogP contribution in [0.4, 0.5) is 0 Å². The number of likely N-dealkylation sites (N-methyl/N-ethyl adjacent to an activating group) is 1. The fraction of sp³-hybridized carbons (Fsp3) is 1.00. The Balaban J connectivity index is 2.47. The molecule has 0 aromatic carbocycles. The zero-order chi connectivity index (χ0) is 14.5. The van der Waals surface area contributed by atoms with Crippen molar-refractivity contribution >= 4 is 0 Å². The molecule has 1 aliphatic heterocycles. The molecule has 0 saturated carbocycles. The molecule has 1 saturated heterocycles. The number of hydrogen-bond donors (Lipinski definition) is 2. The van der Waals surface area contributed by atoms with Gasteiger partial charge in [-0.2, -0.15) is 0 Å². The predicted molar refractivity (Wildman–Crippen MR) is 82.4 cm³/mol. The predicted octanol–water partition coefficient (Wildman–Crippen LogP) is 2.49. The Morgan fingerprint density at radius 2 is 1.95 bits per heavy atom. The van der Waals surface area contributed by atoms with Gasteiger partial charge in [0.05, 0.1) is 6.10 Å². The zero-order valence-corrected chi connectivity index (χ0v) is 13.6. The lowest BCUT2D eigenvalue weighted by Gasteiger charge is -2.39. The minimum atomic E-state index is -0.120. The number of rotatable bonds is 6. The second-order valence-electron chi connectivity index (χ2n) is 7.39. The maximum Gasteiger partial charge on any atom is 0.0540 e. The van der Waals surface area contributed by atoms with E-state index in [0.29, 0.717) is 17.4 Å². The minimum absolute atomic E-state index is 0.120. The van der Waals surface area contributed by atoms with E-state index in [0.717, 1.165) is 39.0 Å². The van der Waals surface area contributed by atoms with Gasteiger partial charge in [0.2, 0.25) is 0 Å². The van der Waals surface area contributed by atoms with Gasteiger partial charge in [-0.1, -0.05) is 34.6 Å². The summed E-state index contributed by atoms with van der Waals surface area (Å²) in [6, 6.07) is 0.585. The van der Waals surface area contributed by atoms with E-state index in [1.807, 2.05) is 0 Å². The molecule has 0 aromatic heterocycles. The third kappa shape index (κ3) is 6.73. The smallest absolute Gasteiger partial charge is 0.0540 e. The van der Waals surface area contributed by atoms with Gasteiger partial charge in [-0.3, -0.25) is 0 Å². The highest BCUT2D eigenvalue weighted by Gasteiger charge is 2.28. The number of nitrogens with one attached hydrogen (secondary N) is 1. The molecule has 1 aliphatic rings. The van der Waals surface area contributed by atoms with E-state index >= 15 is 0 Å². The molecule has 2 N–H and O–H groups in total. The number of hydrogen-bond acceptors (Lipinski definition) is 3. The first-order valence-corrected chi connectivity index (χ1v) is 7.97. The zero-order valence-electron chi connectivity index (χ0n) is 13.6. The van der Waals surface area contributed by atoms with Crippen LogP contribution in [-0.4, -0.2) is 48.3 Å². The standard InChI is InChI=1S/C16H34N2O/c1-6-15(19)9-13-8-14(11-18(7-2)10-13)17-12-16(3,4)5/h13-15,17,19H,6-12H2,1-5H3. The van der Waals surface area contributed by atoms with Crippen molar-refractivity contribution in [1.29, 1.82) is 0 Å². The first-order chi connectivity index (χ1) is 8.84. The summed E-state index contributed by atoms with van der Waals surface area (Å²) >= 11 is 0. The van der Waals surface area contributed by atoms with Gasteiger partial charge in [0.15, 0.2) is 0 Å². The molecule has 0 radical (unpaired) electrons.